The molecule has 2 N–H and O–H groups in total. The summed E-state index contributed by atoms with van der Waals surface area (Å²) in [5, 5.41) is 11.2. The van der Waals surface area contributed by atoms with E-state index >= 15 is 0 Å². The fourth-order valence-electron chi connectivity index (χ4n) is 4.09. The molecule has 0 radical (unpaired) electrons. The molecule has 1 atom stereocenters. The van der Waals surface area contributed by atoms with Gasteiger partial charge in [0.2, 0.25) is 0 Å². The predicted molar refractivity (Wildman–Crippen MR) is 132 cm³/mol. The van der Waals surface area contributed by atoms with E-state index in [0.717, 1.165) is 22.9 Å². The highest BCUT2D eigenvalue weighted by molar-refractivity contribution is 7.92. The highest BCUT2D eigenvalue weighted by Crippen LogP contribution is 2.27. The third-order valence-electron chi connectivity index (χ3n) is 6.38. The zero-order valence-corrected chi connectivity index (χ0v) is 21.0. The van der Waals surface area contributed by atoms with Crippen LogP contribution in [0.1, 0.15) is 25.3 Å². The normalized spacial score (nSPS) is 13.7. The van der Waals surface area contributed by atoms with Gasteiger partial charge < -0.3 is 4.84 Å². The van der Waals surface area contributed by atoms with E-state index in [1.807, 2.05) is 43.4 Å². The van der Waals surface area contributed by atoms with Crippen LogP contribution in [0.2, 0.25) is 0 Å². The number of rotatable bonds is 10. The van der Waals surface area contributed by atoms with E-state index in [-0.39, 0.29) is 24.9 Å². The summed E-state index contributed by atoms with van der Waals surface area (Å²) < 4.78 is 24.2. The van der Waals surface area contributed by atoms with Crippen molar-refractivity contribution in [2.45, 2.75) is 37.6 Å². The van der Waals surface area contributed by atoms with Gasteiger partial charge in [0, 0.05) is 26.4 Å². The van der Waals surface area contributed by atoms with Crippen molar-refractivity contribution in [2.24, 2.45) is 0 Å². The molecule has 0 fully saturated rings. The second-order valence-corrected chi connectivity index (χ2v) is 10.8. The first-order valence-electron chi connectivity index (χ1n) is 11.0. The summed E-state index contributed by atoms with van der Waals surface area (Å²) in [6, 6.07) is 13.3. The van der Waals surface area contributed by atoms with Crippen molar-refractivity contribution in [1.82, 2.24) is 20.1 Å². The number of nitrogens with one attached hydrogen (secondary N) is 1. The van der Waals surface area contributed by atoms with E-state index in [1.54, 1.807) is 25.2 Å². The molecule has 3 aromatic rings. The minimum atomic E-state index is -3.88. The van der Waals surface area contributed by atoms with Crippen LogP contribution in [-0.4, -0.2) is 59.3 Å². The molecule has 1 aromatic heterocycles. The Morgan fingerprint density at radius 3 is 2.43 bits per heavy atom. The molecule has 10 nitrogen and oxygen atoms in total. The van der Waals surface area contributed by atoms with Gasteiger partial charge in [-0.3, -0.25) is 19.4 Å². The number of carbonyl (C=O) groups is 1. The van der Waals surface area contributed by atoms with Crippen molar-refractivity contribution in [3.8, 4) is 11.1 Å². The molecule has 0 aliphatic rings. The van der Waals surface area contributed by atoms with Gasteiger partial charge in [-0.05, 0) is 41.7 Å². The lowest BCUT2D eigenvalue weighted by Gasteiger charge is -2.28. The molecule has 0 unspecified atom stereocenters. The van der Waals surface area contributed by atoms with Crippen molar-refractivity contribution in [2.75, 3.05) is 20.4 Å². The van der Waals surface area contributed by atoms with E-state index in [0.29, 0.717) is 17.4 Å². The Morgan fingerprint density at radius 2 is 1.86 bits per heavy atom. The maximum absolute atomic E-state index is 13.1. The molecule has 0 spiro atoms. The number of amides is 1. The molecule has 0 aliphatic heterocycles. The van der Waals surface area contributed by atoms with Crippen molar-refractivity contribution in [3.05, 3.63) is 64.7 Å². The number of hydroxylamine groups is 3. The Bertz CT molecular complexity index is 1370. The van der Waals surface area contributed by atoms with Gasteiger partial charge in [-0.1, -0.05) is 37.3 Å². The highest BCUT2D eigenvalue weighted by Gasteiger charge is 2.46. The summed E-state index contributed by atoms with van der Waals surface area (Å²) >= 11 is 0. The number of carbonyl (C=O) groups excluding carboxylic acids is 1. The minimum absolute atomic E-state index is 0.0576. The average Bonchev–Trinajstić information content (AvgIpc) is 2.84. The van der Waals surface area contributed by atoms with Crippen LogP contribution in [0.15, 0.2) is 53.6 Å². The Labute approximate surface area is 204 Å². The number of sulfone groups is 1. The Hall–Kier alpha value is -3.12. The summed E-state index contributed by atoms with van der Waals surface area (Å²) in [4.78, 5) is 34.8. The summed E-state index contributed by atoms with van der Waals surface area (Å²) in [6.45, 7) is 2.13. The van der Waals surface area contributed by atoms with Crippen LogP contribution < -0.4 is 11.0 Å². The van der Waals surface area contributed by atoms with E-state index in [4.69, 9.17) is 10.0 Å². The molecule has 11 heteroatoms. The number of aromatic nitrogens is 2. The molecule has 1 heterocycles. The number of fused-ring (bicyclic) bond motifs is 1. The SMILES string of the molecule is CC[C@@](CCn1cnc2cc(-c3ccc(CN(C)OC)cc3)ccc2c1=O)(C(=O)NO)S(C)(=O)=O. The first-order valence-corrected chi connectivity index (χ1v) is 12.9. The second-order valence-electron chi connectivity index (χ2n) is 8.45. The molecule has 3 rings (SSSR count). The average molecular weight is 503 g/mol. The maximum Gasteiger partial charge on any atom is 0.264 e. The monoisotopic (exact) mass is 502 g/mol. The van der Waals surface area contributed by atoms with Crippen LogP contribution in [0.5, 0.6) is 0 Å². The van der Waals surface area contributed by atoms with Gasteiger partial charge >= 0.3 is 0 Å². The Morgan fingerprint density at radius 1 is 1.20 bits per heavy atom. The largest absolute Gasteiger partial charge is 0.302 e. The van der Waals surface area contributed by atoms with E-state index in [1.165, 1.54) is 16.4 Å². The van der Waals surface area contributed by atoms with E-state index < -0.39 is 20.5 Å². The third-order valence-corrected chi connectivity index (χ3v) is 8.48. The maximum atomic E-state index is 13.1. The van der Waals surface area contributed by atoms with Gasteiger partial charge in [0.15, 0.2) is 14.6 Å². The lowest BCUT2D eigenvalue weighted by molar-refractivity contribution is -0.132. The topological polar surface area (TPSA) is 131 Å². The van der Waals surface area contributed by atoms with Crippen molar-refractivity contribution in [3.63, 3.8) is 0 Å². The molecule has 1 amide bonds. The standard InChI is InChI=1S/C24H30N4O6S/c1-5-24(23(30)26-31,35(4,32)33)12-13-28-16-25-21-14-19(10-11-20(21)22(28)29)18-8-6-17(7-9-18)15-27(2)34-3/h6-11,14,16,31H,5,12-13,15H2,1-4H3,(H,26,30)/t24-/m1/s1. The zero-order valence-electron chi connectivity index (χ0n) is 20.2. The van der Waals surface area contributed by atoms with Crippen LogP contribution in [0.3, 0.4) is 0 Å². The molecular weight excluding hydrogens is 472 g/mol. The molecule has 0 saturated carbocycles. The van der Waals surface area contributed by atoms with Gasteiger partial charge in [-0.15, -0.1) is 0 Å². The van der Waals surface area contributed by atoms with Gasteiger partial charge in [0.25, 0.3) is 11.5 Å². The lowest BCUT2D eigenvalue weighted by atomic mass is 10.00. The van der Waals surface area contributed by atoms with E-state index in [9.17, 15) is 18.0 Å². The van der Waals surface area contributed by atoms with Crippen LogP contribution in [-0.2, 0) is 32.6 Å². The van der Waals surface area contributed by atoms with E-state index in [2.05, 4.69) is 4.98 Å². The first-order chi connectivity index (χ1) is 16.6. The van der Waals surface area contributed by atoms with Crippen LogP contribution >= 0.6 is 0 Å². The van der Waals surface area contributed by atoms with Crippen molar-refractivity contribution in [1.29, 1.82) is 0 Å². The molecular formula is C24H30N4O6S. The van der Waals surface area contributed by atoms with Crippen LogP contribution in [0, 0.1) is 0 Å². The molecule has 0 saturated heterocycles. The Kier molecular flexibility index (Phi) is 8.06. The van der Waals surface area contributed by atoms with Gasteiger partial charge in [0.05, 0.1) is 24.3 Å². The van der Waals surface area contributed by atoms with Gasteiger partial charge in [-0.25, -0.2) is 18.9 Å². The quantitative estimate of drug-likeness (QED) is 0.319. The first kappa shape index (κ1) is 26.5. The molecule has 35 heavy (non-hydrogen) atoms. The number of hydrogen-bond acceptors (Lipinski definition) is 8. The number of benzene rings is 2. The Balaban J connectivity index is 1.88. The lowest BCUT2D eigenvalue weighted by Crippen LogP contribution is -2.51. The minimum Gasteiger partial charge on any atom is -0.302 e. The van der Waals surface area contributed by atoms with Crippen molar-refractivity contribution < 1.29 is 23.3 Å². The number of aryl methyl sites for hydroxylation is 1. The number of hydrogen-bond donors (Lipinski definition) is 2. The number of nitrogens with zero attached hydrogens (tertiary/aromatic N) is 3. The fraction of sp³-hybridized carbons (Fsp3) is 0.375. The molecule has 2 aromatic carbocycles. The molecule has 188 valence electrons. The second kappa shape index (κ2) is 10.6. The molecule has 0 bridgehead atoms. The smallest absolute Gasteiger partial charge is 0.264 e. The predicted octanol–water partition coefficient (Wildman–Crippen LogP) is 2.15. The van der Waals surface area contributed by atoms with Crippen LogP contribution in [0.25, 0.3) is 22.0 Å². The zero-order chi connectivity index (χ0) is 25.8. The summed E-state index contributed by atoms with van der Waals surface area (Å²) in [7, 11) is -0.418. The summed E-state index contributed by atoms with van der Waals surface area (Å²) in [5.41, 5.74) is 4.57. The third kappa shape index (κ3) is 5.43. The van der Waals surface area contributed by atoms with Crippen LogP contribution in [0.4, 0.5) is 0 Å². The van der Waals surface area contributed by atoms with Gasteiger partial charge in [-0.2, -0.15) is 5.06 Å². The fourth-order valence-corrected chi connectivity index (χ4v) is 5.46. The summed E-state index contributed by atoms with van der Waals surface area (Å²) in [6.07, 6.45) is 2.04. The molecule has 0 aliphatic carbocycles. The van der Waals surface area contributed by atoms with Gasteiger partial charge in [0.1, 0.15) is 0 Å². The summed E-state index contributed by atoms with van der Waals surface area (Å²) in [5.74, 6) is -1.02. The van der Waals surface area contributed by atoms with Crippen molar-refractivity contribution >= 4 is 26.6 Å². The highest BCUT2D eigenvalue weighted by atomic mass is 32.2.